The molecule has 0 aromatic heterocycles. The Morgan fingerprint density at radius 1 is 1.27 bits per heavy atom. The van der Waals surface area contributed by atoms with Crippen LogP contribution < -0.4 is 5.32 Å². The van der Waals surface area contributed by atoms with Crippen molar-refractivity contribution in [2.24, 2.45) is 0 Å². The summed E-state index contributed by atoms with van der Waals surface area (Å²) in [6.45, 7) is 3.80. The van der Waals surface area contributed by atoms with Crippen LogP contribution in [0.25, 0.3) is 0 Å². The summed E-state index contributed by atoms with van der Waals surface area (Å²) in [4.78, 5) is 0.292. The van der Waals surface area contributed by atoms with E-state index >= 15 is 0 Å². The zero-order valence-corrected chi connectivity index (χ0v) is 10.3. The predicted octanol–water partition coefficient (Wildman–Crippen LogP) is 2.07. The first-order valence-corrected chi connectivity index (χ1v) is 6.66. The molecule has 0 spiro atoms. The lowest BCUT2D eigenvalue weighted by Gasteiger charge is -2.08. The minimum Gasteiger partial charge on any atom is -0.301 e. The van der Waals surface area contributed by atoms with Gasteiger partial charge < -0.3 is 5.32 Å². The molecule has 5 heteroatoms. The van der Waals surface area contributed by atoms with E-state index in [0.717, 1.165) is 0 Å². The maximum Gasteiger partial charge on any atom is 0.191 e. The van der Waals surface area contributed by atoms with Gasteiger partial charge in [0.2, 0.25) is 0 Å². The van der Waals surface area contributed by atoms with E-state index in [1.54, 1.807) is 12.1 Å². The second kappa shape index (κ2) is 4.96. The summed E-state index contributed by atoms with van der Waals surface area (Å²) in [6.07, 6.45) is 0. The molecule has 0 saturated heterocycles. The van der Waals surface area contributed by atoms with Gasteiger partial charge in [0.15, 0.2) is 9.84 Å². The average molecular weight is 248 g/mol. The van der Waals surface area contributed by atoms with E-state index in [-0.39, 0.29) is 11.9 Å². The van der Waals surface area contributed by atoms with E-state index in [9.17, 15) is 8.42 Å². The summed E-state index contributed by atoms with van der Waals surface area (Å²) >= 11 is 5.68. The first-order chi connectivity index (χ1) is 6.92. The second-order valence-electron chi connectivity index (χ2n) is 3.57. The van der Waals surface area contributed by atoms with Gasteiger partial charge in [-0.2, -0.15) is 0 Å². The van der Waals surface area contributed by atoms with Gasteiger partial charge in [-0.15, -0.1) is 0 Å². The lowest BCUT2D eigenvalue weighted by atomic mass is 10.4. The van der Waals surface area contributed by atoms with Crippen LogP contribution in [0, 0.1) is 0 Å². The maximum atomic E-state index is 11.7. The largest absolute Gasteiger partial charge is 0.301 e. The van der Waals surface area contributed by atoms with Crippen molar-refractivity contribution < 1.29 is 8.42 Å². The summed E-state index contributed by atoms with van der Waals surface area (Å²) in [6, 6.07) is 6.32. The first kappa shape index (κ1) is 12.5. The Labute approximate surface area is 95.4 Å². The van der Waals surface area contributed by atoms with Crippen molar-refractivity contribution in [2.75, 3.05) is 5.88 Å². The minimum absolute atomic E-state index is 0.0493. The number of hydrogen-bond acceptors (Lipinski definition) is 3. The molecule has 1 rings (SSSR count). The van der Waals surface area contributed by atoms with Crippen molar-refractivity contribution in [2.45, 2.75) is 24.8 Å². The summed E-state index contributed by atoms with van der Waals surface area (Å²) in [5.41, 5.74) is 0. The number of sulfone groups is 1. The van der Waals surface area contributed by atoms with Crippen LogP contribution in [-0.2, 0) is 9.84 Å². The van der Waals surface area contributed by atoms with Crippen molar-refractivity contribution in [3.8, 4) is 0 Å². The molecule has 1 aromatic carbocycles. The fourth-order valence-corrected chi connectivity index (χ4v) is 2.40. The van der Waals surface area contributed by atoms with Gasteiger partial charge in [-0.05, 0) is 38.1 Å². The third kappa shape index (κ3) is 3.81. The Balaban J connectivity index is 2.82. The van der Waals surface area contributed by atoms with Gasteiger partial charge in [-0.25, -0.2) is 8.42 Å². The lowest BCUT2D eigenvalue weighted by molar-refractivity contribution is 0.573. The molecular weight excluding hydrogens is 234 g/mol. The highest BCUT2D eigenvalue weighted by Gasteiger charge is 2.13. The van der Waals surface area contributed by atoms with E-state index in [1.807, 2.05) is 13.8 Å². The van der Waals surface area contributed by atoms with Gasteiger partial charge in [0.25, 0.3) is 0 Å². The molecule has 0 aliphatic heterocycles. The normalized spacial score (nSPS) is 12.0. The Bertz CT molecular complexity index is 412. The van der Waals surface area contributed by atoms with E-state index < -0.39 is 9.84 Å². The number of rotatable bonds is 4. The molecule has 1 aromatic rings. The standard InChI is InChI=1S/C10H14ClNO2S/c1-8(2)12-7-15(13,14)10-5-3-9(11)4-6-10/h3-6,8,12H,7H2,1-2H3. The SMILES string of the molecule is CC(C)NCS(=O)(=O)c1ccc(Cl)cc1. The van der Waals surface area contributed by atoms with Crippen molar-refractivity contribution in [1.29, 1.82) is 0 Å². The van der Waals surface area contributed by atoms with Gasteiger partial charge in [0.1, 0.15) is 5.88 Å². The molecule has 15 heavy (non-hydrogen) atoms. The summed E-state index contributed by atoms with van der Waals surface area (Å²) in [7, 11) is -3.24. The van der Waals surface area contributed by atoms with E-state index in [4.69, 9.17) is 11.6 Å². The van der Waals surface area contributed by atoms with Crippen molar-refractivity contribution in [3.05, 3.63) is 29.3 Å². The predicted molar refractivity (Wildman–Crippen MR) is 61.8 cm³/mol. The van der Waals surface area contributed by atoms with Crippen LogP contribution in [0.3, 0.4) is 0 Å². The molecule has 0 aliphatic carbocycles. The third-order valence-corrected chi connectivity index (χ3v) is 3.64. The van der Waals surface area contributed by atoms with Crippen molar-refractivity contribution >= 4 is 21.4 Å². The molecule has 0 radical (unpaired) electrons. The van der Waals surface area contributed by atoms with Crippen molar-refractivity contribution in [3.63, 3.8) is 0 Å². The number of nitrogens with one attached hydrogen (secondary N) is 1. The van der Waals surface area contributed by atoms with Crippen LogP contribution in [0.5, 0.6) is 0 Å². The molecule has 3 nitrogen and oxygen atoms in total. The number of hydrogen-bond donors (Lipinski definition) is 1. The quantitative estimate of drug-likeness (QED) is 0.886. The molecule has 0 amide bonds. The van der Waals surface area contributed by atoms with Gasteiger partial charge in [-0.1, -0.05) is 11.6 Å². The molecule has 0 unspecified atom stereocenters. The highest BCUT2D eigenvalue weighted by molar-refractivity contribution is 7.91. The van der Waals surface area contributed by atoms with E-state index in [0.29, 0.717) is 9.92 Å². The van der Waals surface area contributed by atoms with Crippen LogP contribution in [0.2, 0.25) is 5.02 Å². The van der Waals surface area contributed by atoms with Crippen LogP contribution in [0.4, 0.5) is 0 Å². The van der Waals surface area contributed by atoms with Gasteiger partial charge in [0, 0.05) is 11.1 Å². The van der Waals surface area contributed by atoms with Crippen LogP contribution in [-0.4, -0.2) is 20.3 Å². The molecule has 1 N–H and O–H groups in total. The molecule has 0 heterocycles. The van der Waals surface area contributed by atoms with E-state index in [1.165, 1.54) is 12.1 Å². The maximum absolute atomic E-state index is 11.7. The Hall–Kier alpha value is -0.580. The molecule has 0 atom stereocenters. The molecule has 84 valence electrons. The fourth-order valence-electron chi connectivity index (χ4n) is 1.00. The fraction of sp³-hybridized carbons (Fsp3) is 0.400. The Morgan fingerprint density at radius 2 is 1.80 bits per heavy atom. The molecule has 0 bridgehead atoms. The highest BCUT2D eigenvalue weighted by atomic mass is 35.5. The summed E-state index contributed by atoms with van der Waals surface area (Å²) < 4.78 is 23.5. The summed E-state index contributed by atoms with van der Waals surface area (Å²) in [5, 5.41) is 3.41. The minimum atomic E-state index is -3.24. The Kier molecular flexibility index (Phi) is 4.13. The lowest BCUT2D eigenvalue weighted by Crippen LogP contribution is -2.29. The third-order valence-electron chi connectivity index (χ3n) is 1.85. The van der Waals surface area contributed by atoms with Crippen molar-refractivity contribution in [1.82, 2.24) is 5.32 Å². The highest BCUT2D eigenvalue weighted by Crippen LogP contribution is 2.14. The second-order valence-corrected chi connectivity index (χ2v) is 6.00. The zero-order chi connectivity index (χ0) is 11.5. The van der Waals surface area contributed by atoms with Crippen LogP contribution in [0.15, 0.2) is 29.2 Å². The van der Waals surface area contributed by atoms with Gasteiger partial charge in [0.05, 0.1) is 4.90 Å². The molecule has 0 fully saturated rings. The number of halogens is 1. The topological polar surface area (TPSA) is 46.2 Å². The molecular formula is C10H14ClNO2S. The zero-order valence-electron chi connectivity index (χ0n) is 8.70. The van der Waals surface area contributed by atoms with Crippen LogP contribution in [0.1, 0.15) is 13.8 Å². The monoisotopic (exact) mass is 247 g/mol. The average Bonchev–Trinajstić information content (AvgIpc) is 2.16. The molecule has 0 saturated carbocycles. The summed E-state index contributed by atoms with van der Waals surface area (Å²) in [5.74, 6) is -0.0493. The first-order valence-electron chi connectivity index (χ1n) is 4.63. The Morgan fingerprint density at radius 3 is 2.27 bits per heavy atom. The smallest absolute Gasteiger partial charge is 0.191 e. The van der Waals surface area contributed by atoms with Crippen LogP contribution >= 0.6 is 11.6 Å². The van der Waals surface area contributed by atoms with E-state index in [2.05, 4.69) is 5.32 Å². The van der Waals surface area contributed by atoms with Gasteiger partial charge in [-0.3, -0.25) is 0 Å². The number of benzene rings is 1. The van der Waals surface area contributed by atoms with Gasteiger partial charge >= 0.3 is 0 Å². The molecule has 0 aliphatic rings.